The van der Waals surface area contributed by atoms with Crippen LogP contribution in [0.3, 0.4) is 0 Å². The predicted molar refractivity (Wildman–Crippen MR) is 96.7 cm³/mol. The molecule has 5 nitrogen and oxygen atoms in total. The third kappa shape index (κ3) is 4.17. The van der Waals surface area contributed by atoms with Crippen molar-refractivity contribution in [3.05, 3.63) is 22.8 Å². The van der Waals surface area contributed by atoms with E-state index >= 15 is 0 Å². The van der Waals surface area contributed by atoms with Gasteiger partial charge in [-0.2, -0.15) is 0 Å². The number of halogens is 2. The van der Waals surface area contributed by atoms with Gasteiger partial charge in [0.15, 0.2) is 10.8 Å². The number of alkyl halides is 2. The standard InChI is InChI=1S/C18H22F2N4OS/c1-25-9-13-8-15(21-12-4-6-18(19,20)7-5-12)24-16(22-13)17-23-14(10-26-17)11-2-3-11/h8,10-12H,2-7,9H2,1H3,(H,21,22,24). The lowest BCUT2D eigenvalue weighted by molar-refractivity contribution is -0.0361. The summed E-state index contributed by atoms with van der Waals surface area (Å²) in [6.45, 7) is 0.369. The van der Waals surface area contributed by atoms with Gasteiger partial charge in [0, 0.05) is 43.4 Å². The third-order valence-electron chi connectivity index (χ3n) is 4.85. The molecule has 2 aromatic heterocycles. The Kier molecular flexibility index (Phi) is 4.88. The third-order valence-corrected chi connectivity index (χ3v) is 5.71. The first-order valence-electron chi connectivity index (χ1n) is 8.99. The van der Waals surface area contributed by atoms with Crippen LogP contribution in [0, 0.1) is 0 Å². The van der Waals surface area contributed by atoms with Crippen molar-refractivity contribution in [1.29, 1.82) is 0 Å². The highest BCUT2D eigenvalue weighted by Gasteiger charge is 2.35. The van der Waals surface area contributed by atoms with Crippen molar-refractivity contribution in [2.75, 3.05) is 12.4 Å². The molecule has 26 heavy (non-hydrogen) atoms. The van der Waals surface area contributed by atoms with Gasteiger partial charge in [-0.3, -0.25) is 0 Å². The second-order valence-corrected chi connectivity index (χ2v) is 7.99. The topological polar surface area (TPSA) is 59.9 Å². The van der Waals surface area contributed by atoms with Crippen LogP contribution in [0.2, 0.25) is 0 Å². The minimum Gasteiger partial charge on any atom is -0.378 e. The smallest absolute Gasteiger partial charge is 0.248 e. The van der Waals surface area contributed by atoms with E-state index in [9.17, 15) is 8.78 Å². The Hall–Kier alpha value is -1.67. The van der Waals surface area contributed by atoms with Gasteiger partial charge in [-0.05, 0) is 25.7 Å². The molecule has 0 aromatic carbocycles. The zero-order valence-corrected chi connectivity index (χ0v) is 15.5. The molecule has 8 heteroatoms. The van der Waals surface area contributed by atoms with E-state index in [0.29, 0.717) is 37.0 Å². The Morgan fingerprint density at radius 3 is 2.65 bits per heavy atom. The minimum atomic E-state index is -2.53. The van der Waals surface area contributed by atoms with Gasteiger partial charge in [-0.25, -0.2) is 23.7 Å². The van der Waals surface area contributed by atoms with Crippen LogP contribution in [0.1, 0.15) is 55.8 Å². The molecule has 0 bridgehead atoms. The number of hydrogen-bond donors (Lipinski definition) is 1. The number of ether oxygens (including phenoxy) is 1. The molecule has 2 aliphatic carbocycles. The Morgan fingerprint density at radius 1 is 1.19 bits per heavy atom. The van der Waals surface area contributed by atoms with Gasteiger partial charge < -0.3 is 10.1 Å². The van der Waals surface area contributed by atoms with Crippen LogP contribution in [0.15, 0.2) is 11.4 Å². The molecule has 2 aliphatic rings. The number of nitrogens with one attached hydrogen (secondary N) is 1. The van der Waals surface area contributed by atoms with E-state index in [1.165, 1.54) is 12.8 Å². The molecule has 2 fully saturated rings. The van der Waals surface area contributed by atoms with E-state index < -0.39 is 5.92 Å². The van der Waals surface area contributed by atoms with Gasteiger partial charge in [-0.1, -0.05) is 0 Å². The highest BCUT2D eigenvalue weighted by atomic mass is 32.1. The summed E-state index contributed by atoms with van der Waals surface area (Å²) >= 11 is 1.55. The van der Waals surface area contributed by atoms with Crippen molar-refractivity contribution >= 4 is 17.2 Å². The van der Waals surface area contributed by atoms with E-state index in [1.54, 1.807) is 18.4 Å². The average Bonchev–Trinajstić information content (AvgIpc) is 3.34. The number of rotatable bonds is 6. The average molecular weight is 380 g/mol. The molecular formula is C18H22F2N4OS. The van der Waals surface area contributed by atoms with Crippen LogP contribution in [0.5, 0.6) is 0 Å². The normalized spacial score (nSPS) is 20.3. The molecule has 2 saturated carbocycles. The van der Waals surface area contributed by atoms with E-state index in [2.05, 4.69) is 25.6 Å². The fraction of sp³-hybridized carbons (Fsp3) is 0.611. The summed E-state index contributed by atoms with van der Waals surface area (Å²) in [6, 6.07) is 1.83. The fourth-order valence-electron chi connectivity index (χ4n) is 3.24. The summed E-state index contributed by atoms with van der Waals surface area (Å²) in [7, 11) is 1.62. The molecule has 0 atom stereocenters. The highest BCUT2D eigenvalue weighted by Crippen LogP contribution is 2.41. The molecule has 0 radical (unpaired) electrons. The number of thiazole rings is 1. The number of methoxy groups -OCH3 is 1. The molecule has 4 rings (SSSR count). The molecule has 0 amide bonds. The summed E-state index contributed by atoms with van der Waals surface area (Å²) in [5.74, 6) is -0.722. The van der Waals surface area contributed by atoms with Crippen LogP contribution in [0.25, 0.3) is 10.8 Å². The van der Waals surface area contributed by atoms with Gasteiger partial charge in [-0.15, -0.1) is 11.3 Å². The molecular weight excluding hydrogens is 358 g/mol. The van der Waals surface area contributed by atoms with Crippen molar-refractivity contribution in [3.63, 3.8) is 0 Å². The fourth-order valence-corrected chi connectivity index (χ4v) is 4.07. The largest absolute Gasteiger partial charge is 0.378 e. The molecule has 1 N–H and O–H groups in total. The molecule has 0 saturated heterocycles. The van der Waals surface area contributed by atoms with Gasteiger partial charge in [0.1, 0.15) is 5.82 Å². The van der Waals surface area contributed by atoms with Crippen molar-refractivity contribution in [2.24, 2.45) is 0 Å². The maximum atomic E-state index is 13.4. The van der Waals surface area contributed by atoms with Crippen molar-refractivity contribution in [1.82, 2.24) is 15.0 Å². The first-order chi connectivity index (χ1) is 12.5. The maximum absolute atomic E-state index is 13.4. The quantitative estimate of drug-likeness (QED) is 0.793. The molecule has 0 spiro atoms. The van der Waals surface area contributed by atoms with Crippen LogP contribution in [0.4, 0.5) is 14.6 Å². The van der Waals surface area contributed by atoms with Gasteiger partial charge in [0.2, 0.25) is 5.92 Å². The van der Waals surface area contributed by atoms with E-state index in [4.69, 9.17) is 4.74 Å². The lowest BCUT2D eigenvalue weighted by Gasteiger charge is -2.29. The Morgan fingerprint density at radius 2 is 1.96 bits per heavy atom. The van der Waals surface area contributed by atoms with Crippen LogP contribution < -0.4 is 5.32 Å². The van der Waals surface area contributed by atoms with Gasteiger partial charge in [0.05, 0.1) is 18.0 Å². The number of hydrogen-bond acceptors (Lipinski definition) is 6. The monoisotopic (exact) mass is 380 g/mol. The molecule has 0 unspecified atom stereocenters. The second-order valence-electron chi connectivity index (χ2n) is 7.13. The molecule has 2 aromatic rings. The minimum absolute atomic E-state index is 0.00564. The zero-order chi connectivity index (χ0) is 18.1. The van der Waals surface area contributed by atoms with E-state index in [-0.39, 0.29) is 18.9 Å². The predicted octanol–water partition coefficient (Wildman–Crippen LogP) is 4.61. The van der Waals surface area contributed by atoms with Gasteiger partial charge in [0.25, 0.3) is 0 Å². The lowest BCUT2D eigenvalue weighted by atomic mass is 9.92. The zero-order valence-electron chi connectivity index (χ0n) is 14.7. The van der Waals surface area contributed by atoms with Crippen LogP contribution in [-0.4, -0.2) is 34.0 Å². The SMILES string of the molecule is COCc1cc(NC2CCC(F)(F)CC2)nc(-c2nc(C3CC3)cs2)n1. The summed E-state index contributed by atoms with van der Waals surface area (Å²) in [4.78, 5) is 13.8. The second kappa shape index (κ2) is 7.15. The maximum Gasteiger partial charge on any atom is 0.248 e. The number of aromatic nitrogens is 3. The van der Waals surface area contributed by atoms with Crippen LogP contribution >= 0.6 is 11.3 Å². The summed E-state index contributed by atoms with van der Waals surface area (Å²) in [6.07, 6.45) is 3.12. The van der Waals surface area contributed by atoms with Crippen LogP contribution in [-0.2, 0) is 11.3 Å². The highest BCUT2D eigenvalue weighted by molar-refractivity contribution is 7.13. The molecule has 140 valence electrons. The summed E-state index contributed by atoms with van der Waals surface area (Å²) < 4.78 is 31.9. The van der Waals surface area contributed by atoms with Crippen molar-refractivity contribution in [3.8, 4) is 10.8 Å². The summed E-state index contributed by atoms with van der Waals surface area (Å²) in [5, 5.41) is 6.18. The summed E-state index contributed by atoms with van der Waals surface area (Å²) in [5.41, 5.74) is 1.87. The van der Waals surface area contributed by atoms with E-state index in [1.807, 2.05) is 6.07 Å². The first-order valence-corrected chi connectivity index (χ1v) is 9.87. The Balaban J connectivity index is 1.54. The number of anilines is 1. The molecule has 0 aliphatic heterocycles. The first kappa shape index (κ1) is 17.7. The van der Waals surface area contributed by atoms with E-state index in [0.717, 1.165) is 16.4 Å². The van der Waals surface area contributed by atoms with Gasteiger partial charge >= 0.3 is 0 Å². The lowest BCUT2D eigenvalue weighted by Crippen LogP contribution is -2.32. The Labute approximate surface area is 155 Å². The number of nitrogens with zero attached hydrogens (tertiary/aromatic N) is 3. The molecule has 2 heterocycles. The van der Waals surface area contributed by atoms with Crippen molar-refractivity contribution in [2.45, 2.75) is 63.0 Å². The Bertz CT molecular complexity index is 768. The van der Waals surface area contributed by atoms with Crippen molar-refractivity contribution < 1.29 is 13.5 Å².